The first-order valence-corrected chi connectivity index (χ1v) is 7.03. The summed E-state index contributed by atoms with van der Waals surface area (Å²) < 4.78 is 0. The predicted molar refractivity (Wildman–Crippen MR) is 78.7 cm³/mol. The highest BCUT2D eigenvalue weighted by atomic mass is 16.6. The Kier molecular flexibility index (Phi) is 7.56. The van der Waals surface area contributed by atoms with Crippen molar-refractivity contribution in [2.75, 3.05) is 6.61 Å². The van der Waals surface area contributed by atoms with Crippen LogP contribution in [0.4, 0.5) is 0 Å². The van der Waals surface area contributed by atoms with Gasteiger partial charge in [0.25, 0.3) is 0 Å². The Morgan fingerprint density at radius 1 is 1.21 bits per heavy atom. The molecular weight excluding hydrogens is 238 g/mol. The van der Waals surface area contributed by atoms with Crippen LogP contribution in [0.5, 0.6) is 0 Å². The maximum atomic E-state index is 11.8. The van der Waals surface area contributed by atoms with Gasteiger partial charge in [-0.1, -0.05) is 49.2 Å². The van der Waals surface area contributed by atoms with Crippen LogP contribution in [0.25, 0.3) is 0 Å². The number of carbonyl (C=O) groups excluding carboxylic acids is 1. The number of unbranched alkanes of at least 4 members (excludes halogenated alkanes) is 2. The van der Waals surface area contributed by atoms with Crippen LogP contribution in [0.15, 0.2) is 29.4 Å². The molecule has 3 nitrogen and oxygen atoms in total. The molecule has 3 heteroatoms. The van der Waals surface area contributed by atoms with Crippen LogP contribution in [0.3, 0.4) is 0 Å². The number of aryl methyl sites for hydroxylation is 1. The summed E-state index contributed by atoms with van der Waals surface area (Å²) >= 11 is 0. The van der Waals surface area contributed by atoms with Gasteiger partial charge < -0.3 is 4.84 Å². The van der Waals surface area contributed by atoms with Crippen molar-refractivity contribution in [3.63, 3.8) is 0 Å². The quantitative estimate of drug-likeness (QED) is 0.291. The molecule has 0 aliphatic heterocycles. The van der Waals surface area contributed by atoms with Gasteiger partial charge in [0, 0.05) is 12.0 Å². The van der Waals surface area contributed by atoms with E-state index < -0.39 is 0 Å². The van der Waals surface area contributed by atoms with Crippen molar-refractivity contribution in [3.8, 4) is 0 Å². The van der Waals surface area contributed by atoms with Gasteiger partial charge in [0.05, 0.1) is 6.21 Å². The molecule has 0 aliphatic carbocycles. The number of rotatable bonds is 9. The average molecular weight is 261 g/mol. The lowest BCUT2D eigenvalue weighted by Gasteiger charge is -2.02. The van der Waals surface area contributed by atoms with E-state index in [-0.39, 0.29) is 12.2 Å². The molecule has 0 unspecified atom stereocenters. The van der Waals surface area contributed by atoms with Crippen molar-refractivity contribution < 1.29 is 9.63 Å². The second kappa shape index (κ2) is 9.31. The zero-order valence-electron chi connectivity index (χ0n) is 11.9. The first-order chi connectivity index (χ1) is 9.27. The third kappa shape index (κ3) is 6.18. The molecule has 0 aromatic heterocycles. The number of carbonyl (C=O) groups is 1. The maximum Gasteiger partial charge on any atom is 0.168 e. The molecule has 0 saturated heterocycles. The SMILES string of the molecule is CCCCCc1ccc(C(=O)C/C=N/OCC)cc1. The fraction of sp³-hybridized carbons (Fsp3) is 0.500. The Balaban J connectivity index is 2.44. The van der Waals surface area contributed by atoms with Gasteiger partial charge >= 0.3 is 0 Å². The van der Waals surface area contributed by atoms with Crippen molar-refractivity contribution in [2.24, 2.45) is 5.16 Å². The Morgan fingerprint density at radius 3 is 2.58 bits per heavy atom. The van der Waals surface area contributed by atoms with E-state index in [1.54, 1.807) is 0 Å². The molecule has 0 N–H and O–H groups in total. The van der Waals surface area contributed by atoms with Crippen LogP contribution in [0, 0.1) is 0 Å². The first-order valence-electron chi connectivity index (χ1n) is 7.03. The molecule has 0 spiro atoms. The van der Waals surface area contributed by atoms with Gasteiger partial charge in [0.1, 0.15) is 6.61 Å². The summed E-state index contributed by atoms with van der Waals surface area (Å²) in [5.41, 5.74) is 2.04. The Bertz CT molecular complexity index is 396. The summed E-state index contributed by atoms with van der Waals surface area (Å²) in [6.45, 7) is 4.58. The molecule has 0 fully saturated rings. The monoisotopic (exact) mass is 261 g/mol. The van der Waals surface area contributed by atoms with E-state index in [2.05, 4.69) is 12.1 Å². The lowest BCUT2D eigenvalue weighted by molar-refractivity contribution is 0.0998. The predicted octanol–water partition coefficient (Wildman–Crippen LogP) is 4.01. The number of oxime groups is 1. The molecular formula is C16H23NO2. The van der Waals surface area contributed by atoms with E-state index in [1.165, 1.54) is 31.0 Å². The molecule has 0 aliphatic rings. The lowest BCUT2D eigenvalue weighted by atomic mass is 10.0. The third-order valence-electron chi connectivity index (χ3n) is 2.90. The third-order valence-corrected chi connectivity index (χ3v) is 2.90. The van der Waals surface area contributed by atoms with Crippen LogP contribution in [-0.2, 0) is 11.3 Å². The fourth-order valence-corrected chi connectivity index (χ4v) is 1.80. The van der Waals surface area contributed by atoms with Crippen molar-refractivity contribution in [3.05, 3.63) is 35.4 Å². The number of ketones is 1. The van der Waals surface area contributed by atoms with Gasteiger partial charge in [-0.25, -0.2) is 0 Å². The van der Waals surface area contributed by atoms with Gasteiger partial charge in [0.15, 0.2) is 5.78 Å². The van der Waals surface area contributed by atoms with E-state index in [4.69, 9.17) is 4.84 Å². The summed E-state index contributed by atoms with van der Waals surface area (Å²) in [6, 6.07) is 7.89. The normalized spacial score (nSPS) is 10.8. The number of hydrogen-bond donors (Lipinski definition) is 0. The molecule has 1 rings (SSSR count). The minimum Gasteiger partial charge on any atom is -0.396 e. The van der Waals surface area contributed by atoms with E-state index in [0.29, 0.717) is 6.61 Å². The van der Waals surface area contributed by atoms with Crippen LogP contribution < -0.4 is 0 Å². The molecule has 104 valence electrons. The van der Waals surface area contributed by atoms with E-state index in [9.17, 15) is 4.79 Å². The molecule has 1 aromatic rings. The summed E-state index contributed by atoms with van der Waals surface area (Å²) in [4.78, 5) is 16.6. The van der Waals surface area contributed by atoms with E-state index in [0.717, 1.165) is 12.0 Å². The number of Topliss-reactive ketones (excluding diaryl/α,β-unsaturated/α-hetero) is 1. The van der Waals surface area contributed by atoms with Crippen LogP contribution in [0.2, 0.25) is 0 Å². The Morgan fingerprint density at radius 2 is 1.95 bits per heavy atom. The van der Waals surface area contributed by atoms with Gasteiger partial charge in [-0.15, -0.1) is 0 Å². The lowest BCUT2D eigenvalue weighted by Crippen LogP contribution is -2.00. The van der Waals surface area contributed by atoms with Gasteiger partial charge in [-0.2, -0.15) is 0 Å². The van der Waals surface area contributed by atoms with Crippen molar-refractivity contribution in [2.45, 2.75) is 46.0 Å². The van der Waals surface area contributed by atoms with E-state index in [1.807, 2.05) is 31.2 Å². The summed E-state index contributed by atoms with van der Waals surface area (Å²) in [5, 5.41) is 3.68. The zero-order valence-corrected chi connectivity index (χ0v) is 11.9. The van der Waals surface area contributed by atoms with Crippen LogP contribution >= 0.6 is 0 Å². The first kappa shape index (κ1) is 15.4. The molecule has 0 radical (unpaired) electrons. The Labute approximate surface area is 115 Å². The van der Waals surface area contributed by atoms with E-state index >= 15 is 0 Å². The van der Waals surface area contributed by atoms with Crippen molar-refractivity contribution >= 4 is 12.0 Å². The van der Waals surface area contributed by atoms with Crippen molar-refractivity contribution in [1.82, 2.24) is 0 Å². The summed E-state index contributed by atoms with van der Waals surface area (Å²) in [6.07, 6.45) is 6.60. The molecule has 1 aromatic carbocycles. The molecule has 0 bridgehead atoms. The smallest absolute Gasteiger partial charge is 0.168 e. The molecule has 0 amide bonds. The highest BCUT2D eigenvalue weighted by Gasteiger charge is 2.04. The Hall–Kier alpha value is -1.64. The number of benzene rings is 1. The standard InChI is InChI=1S/C16H23NO2/c1-3-5-6-7-14-8-10-15(11-9-14)16(18)12-13-17-19-4-2/h8-11,13H,3-7,12H2,1-2H3/b17-13+. The highest BCUT2D eigenvalue weighted by Crippen LogP contribution is 2.10. The number of hydrogen-bond acceptors (Lipinski definition) is 3. The summed E-state index contributed by atoms with van der Waals surface area (Å²) in [7, 11) is 0. The second-order valence-corrected chi connectivity index (χ2v) is 4.49. The minimum absolute atomic E-state index is 0.0727. The topological polar surface area (TPSA) is 38.7 Å². The molecule has 0 atom stereocenters. The van der Waals surface area contributed by atoms with Gasteiger partial charge in [-0.05, 0) is 25.3 Å². The molecule has 0 heterocycles. The molecule has 0 saturated carbocycles. The highest BCUT2D eigenvalue weighted by molar-refractivity contribution is 6.03. The largest absolute Gasteiger partial charge is 0.396 e. The number of nitrogens with zero attached hydrogens (tertiary/aromatic N) is 1. The van der Waals surface area contributed by atoms with Crippen LogP contribution in [0.1, 0.15) is 55.5 Å². The molecule has 19 heavy (non-hydrogen) atoms. The van der Waals surface area contributed by atoms with Crippen LogP contribution in [-0.4, -0.2) is 18.6 Å². The van der Waals surface area contributed by atoms with Gasteiger partial charge in [-0.3, -0.25) is 4.79 Å². The summed E-state index contributed by atoms with van der Waals surface area (Å²) in [5.74, 6) is 0.0727. The second-order valence-electron chi connectivity index (χ2n) is 4.49. The average Bonchev–Trinajstić information content (AvgIpc) is 2.44. The van der Waals surface area contributed by atoms with Crippen molar-refractivity contribution in [1.29, 1.82) is 0 Å². The minimum atomic E-state index is 0.0727. The van der Waals surface area contributed by atoms with Gasteiger partial charge in [0.2, 0.25) is 0 Å². The fourth-order valence-electron chi connectivity index (χ4n) is 1.80. The zero-order chi connectivity index (χ0) is 13.9. The maximum absolute atomic E-state index is 11.8.